The van der Waals surface area contributed by atoms with E-state index in [-0.39, 0.29) is 17.2 Å². The molecule has 0 bridgehead atoms. The Bertz CT molecular complexity index is 847. The number of hydrogen-bond acceptors (Lipinski definition) is 2. The van der Waals surface area contributed by atoms with Crippen molar-refractivity contribution in [3.63, 3.8) is 0 Å². The number of rotatable bonds is 1. The summed E-state index contributed by atoms with van der Waals surface area (Å²) in [6.07, 6.45) is 7.47. The van der Waals surface area contributed by atoms with Crippen LogP contribution in [0.3, 0.4) is 0 Å². The molecular weight excluding hydrogens is 288 g/mol. The van der Waals surface area contributed by atoms with Crippen LogP contribution in [0.5, 0.6) is 0 Å². The predicted octanol–water partition coefficient (Wildman–Crippen LogP) is 3.75. The molecule has 0 fully saturated rings. The van der Waals surface area contributed by atoms with Gasteiger partial charge in [0.1, 0.15) is 0 Å². The number of carbonyl (C=O) groups is 2. The van der Waals surface area contributed by atoms with Crippen LogP contribution < -0.4 is 5.32 Å². The molecule has 4 rings (SSSR count). The fraction of sp³-hybridized carbons (Fsp3) is 0.263. The number of para-hydroxylation sites is 1. The summed E-state index contributed by atoms with van der Waals surface area (Å²) < 4.78 is 1.74. The van der Waals surface area contributed by atoms with Gasteiger partial charge in [-0.2, -0.15) is 0 Å². The molecule has 2 aromatic rings. The van der Waals surface area contributed by atoms with E-state index in [2.05, 4.69) is 12.2 Å². The number of nitrogens with zero attached hydrogens (tertiary/aromatic N) is 1. The summed E-state index contributed by atoms with van der Waals surface area (Å²) in [6, 6.07) is 9.77. The molecule has 0 aliphatic carbocycles. The molecule has 0 saturated carbocycles. The van der Waals surface area contributed by atoms with Crippen LogP contribution in [0.15, 0.2) is 48.7 Å². The van der Waals surface area contributed by atoms with E-state index in [1.54, 1.807) is 10.6 Å². The van der Waals surface area contributed by atoms with Crippen molar-refractivity contribution < 1.29 is 9.59 Å². The Hall–Kier alpha value is -2.62. The zero-order chi connectivity index (χ0) is 16.0. The fourth-order valence-corrected chi connectivity index (χ4v) is 3.77. The third-order valence-electron chi connectivity index (χ3n) is 5.06. The molecule has 116 valence electrons. The third kappa shape index (κ3) is 1.98. The summed E-state index contributed by atoms with van der Waals surface area (Å²) in [7, 11) is 0. The van der Waals surface area contributed by atoms with Crippen LogP contribution in [0.25, 0.3) is 11.1 Å². The van der Waals surface area contributed by atoms with Gasteiger partial charge in [-0.3, -0.25) is 14.2 Å². The van der Waals surface area contributed by atoms with E-state index >= 15 is 0 Å². The van der Waals surface area contributed by atoms with Crippen LogP contribution in [0, 0.1) is 0 Å². The molecule has 0 spiro atoms. The van der Waals surface area contributed by atoms with Crippen LogP contribution >= 0.6 is 0 Å². The van der Waals surface area contributed by atoms with E-state index < -0.39 is 0 Å². The lowest BCUT2D eigenvalue weighted by molar-refractivity contribution is -0.116. The number of carbonyl (C=O) groups excluding carboxylic acids is 2. The molecule has 1 N–H and O–H groups in total. The number of nitrogens with one attached hydrogen (secondary N) is 1. The highest BCUT2D eigenvalue weighted by molar-refractivity contribution is 5.99. The molecule has 0 unspecified atom stereocenters. The standard InChI is InChI=1S/C19H18N2O2/c1-2-19-10-7-16(22)20-15-6-4-3-5-13(15)14-9-12-21(18(14)19)17(23)8-11-19/h3-6,8-9,11-12H,2,7,10H2,1H3,(H,20,22)/t19-/m1/s1. The largest absolute Gasteiger partial charge is 0.326 e. The molecule has 23 heavy (non-hydrogen) atoms. The molecule has 1 atom stereocenters. The second kappa shape index (κ2) is 4.95. The molecule has 0 radical (unpaired) electrons. The maximum absolute atomic E-state index is 12.3. The van der Waals surface area contributed by atoms with Gasteiger partial charge in [-0.1, -0.05) is 31.2 Å². The molecule has 4 heteroatoms. The Morgan fingerprint density at radius 1 is 1.17 bits per heavy atom. The summed E-state index contributed by atoms with van der Waals surface area (Å²) >= 11 is 0. The Morgan fingerprint density at radius 2 is 2.00 bits per heavy atom. The molecule has 2 aliphatic rings. The van der Waals surface area contributed by atoms with Crippen molar-refractivity contribution >= 4 is 17.5 Å². The first-order valence-electron chi connectivity index (χ1n) is 7.99. The Morgan fingerprint density at radius 3 is 2.83 bits per heavy atom. The van der Waals surface area contributed by atoms with Gasteiger partial charge >= 0.3 is 0 Å². The minimum Gasteiger partial charge on any atom is -0.326 e. The smallest absolute Gasteiger partial charge is 0.254 e. The summed E-state index contributed by atoms with van der Waals surface area (Å²) in [5, 5.41) is 3.01. The van der Waals surface area contributed by atoms with Crippen LogP contribution in [0.2, 0.25) is 0 Å². The SMILES string of the molecule is CC[C@@]12C=CC(=O)n3ccc(c31)-c1ccccc1NC(=O)CC2. The van der Waals surface area contributed by atoms with E-state index in [9.17, 15) is 9.59 Å². The van der Waals surface area contributed by atoms with Crippen molar-refractivity contribution in [1.29, 1.82) is 0 Å². The van der Waals surface area contributed by atoms with E-state index in [1.165, 1.54) is 0 Å². The van der Waals surface area contributed by atoms with E-state index in [0.717, 1.165) is 28.9 Å². The highest BCUT2D eigenvalue weighted by atomic mass is 16.2. The topological polar surface area (TPSA) is 51.1 Å². The summed E-state index contributed by atoms with van der Waals surface area (Å²) in [4.78, 5) is 24.6. The lowest BCUT2D eigenvalue weighted by Crippen LogP contribution is -2.33. The molecule has 1 amide bonds. The first-order chi connectivity index (χ1) is 11.1. The molecular formula is C19H18N2O2. The van der Waals surface area contributed by atoms with Gasteiger partial charge in [0.2, 0.25) is 5.91 Å². The van der Waals surface area contributed by atoms with Crippen LogP contribution in [-0.4, -0.2) is 16.4 Å². The zero-order valence-electron chi connectivity index (χ0n) is 13.0. The van der Waals surface area contributed by atoms with E-state index in [4.69, 9.17) is 0 Å². The summed E-state index contributed by atoms with van der Waals surface area (Å²) in [6.45, 7) is 2.11. The van der Waals surface area contributed by atoms with Gasteiger partial charge in [-0.05, 0) is 25.0 Å². The van der Waals surface area contributed by atoms with Crippen molar-refractivity contribution in [2.45, 2.75) is 31.6 Å². The minimum atomic E-state index is -0.276. The Kier molecular flexibility index (Phi) is 3.01. The molecule has 0 saturated heterocycles. The second-order valence-electron chi connectivity index (χ2n) is 6.22. The van der Waals surface area contributed by atoms with Gasteiger partial charge in [0.05, 0.1) is 0 Å². The van der Waals surface area contributed by atoms with Crippen LogP contribution in [-0.2, 0) is 10.2 Å². The first-order valence-corrected chi connectivity index (χ1v) is 7.99. The number of anilines is 1. The van der Waals surface area contributed by atoms with Crippen molar-refractivity contribution in [3.05, 3.63) is 54.4 Å². The van der Waals surface area contributed by atoms with Gasteiger partial charge in [-0.15, -0.1) is 0 Å². The third-order valence-corrected chi connectivity index (χ3v) is 5.06. The van der Waals surface area contributed by atoms with Crippen molar-refractivity contribution in [3.8, 4) is 11.1 Å². The van der Waals surface area contributed by atoms with Gasteiger partial charge < -0.3 is 5.32 Å². The Balaban J connectivity index is 2.05. The number of aromatic nitrogens is 1. The first kappa shape index (κ1) is 14.0. The average molecular weight is 306 g/mol. The number of hydrogen-bond donors (Lipinski definition) is 1. The molecule has 4 nitrogen and oxygen atoms in total. The van der Waals surface area contributed by atoms with Crippen LogP contribution in [0.1, 0.15) is 36.7 Å². The highest BCUT2D eigenvalue weighted by Crippen LogP contribution is 2.45. The quantitative estimate of drug-likeness (QED) is 0.872. The predicted molar refractivity (Wildman–Crippen MR) is 89.5 cm³/mol. The number of fused-ring (bicyclic) bond motifs is 2. The van der Waals surface area contributed by atoms with Crippen LogP contribution in [0.4, 0.5) is 5.69 Å². The molecule has 1 aromatic heterocycles. The van der Waals surface area contributed by atoms with Gasteiger partial charge in [0.15, 0.2) is 0 Å². The number of amides is 1. The van der Waals surface area contributed by atoms with Gasteiger partial charge in [0.25, 0.3) is 5.91 Å². The van der Waals surface area contributed by atoms with E-state index in [0.29, 0.717) is 12.8 Å². The number of benzene rings is 1. The Labute approximate surface area is 134 Å². The number of allylic oxidation sites excluding steroid dienone is 2. The summed E-state index contributed by atoms with van der Waals surface area (Å²) in [5.41, 5.74) is 3.54. The molecule has 2 aliphatic heterocycles. The normalized spacial score (nSPS) is 22.5. The van der Waals surface area contributed by atoms with Crippen molar-refractivity contribution in [1.82, 2.24) is 4.57 Å². The lowest BCUT2D eigenvalue weighted by atomic mass is 9.74. The van der Waals surface area contributed by atoms with Crippen molar-refractivity contribution in [2.75, 3.05) is 5.32 Å². The zero-order valence-corrected chi connectivity index (χ0v) is 13.0. The van der Waals surface area contributed by atoms with Gasteiger partial charge in [-0.25, -0.2) is 0 Å². The average Bonchev–Trinajstić information content (AvgIpc) is 3.02. The summed E-state index contributed by atoms with van der Waals surface area (Å²) in [5.74, 6) is -0.00128. The molecule has 1 aromatic carbocycles. The molecule has 3 heterocycles. The maximum Gasteiger partial charge on any atom is 0.254 e. The second-order valence-corrected chi connectivity index (χ2v) is 6.22. The highest BCUT2D eigenvalue weighted by Gasteiger charge is 2.38. The minimum absolute atomic E-state index is 0.0206. The lowest BCUT2D eigenvalue weighted by Gasteiger charge is -2.34. The van der Waals surface area contributed by atoms with E-state index in [1.807, 2.05) is 42.6 Å². The van der Waals surface area contributed by atoms with Crippen molar-refractivity contribution in [2.24, 2.45) is 0 Å². The maximum atomic E-state index is 12.3. The van der Waals surface area contributed by atoms with Gasteiger partial charge in [0, 0.05) is 46.6 Å². The fourth-order valence-electron chi connectivity index (χ4n) is 3.77. The monoisotopic (exact) mass is 306 g/mol.